The quantitative estimate of drug-likeness (QED) is 0.779. The number of carbonyl (C=O) groups is 1. The van der Waals surface area contributed by atoms with Gasteiger partial charge in [0, 0.05) is 0 Å². The molecule has 1 rings (SSSR count). The molecule has 0 aromatic heterocycles. The van der Waals surface area contributed by atoms with E-state index in [1.165, 1.54) is 0 Å². The van der Waals surface area contributed by atoms with E-state index in [-0.39, 0.29) is 48.5 Å². The first kappa shape index (κ1) is 14.5. The smallest absolute Gasteiger partial charge is 0.226 e. The van der Waals surface area contributed by atoms with Gasteiger partial charge in [-0.25, -0.2) is 0 Å². The normalized spacial score (nSPS) is 35.0. The monoisotopic (exact) mass is 243 g/mol. The number of hydrogen-bond acceptors (Lipinski definition) is 3. The van der Waals surface area contributed by atoms with E-state index in [1.54, 1.807) is 0 Å². The second kappa shape index (κ2) is 5.83. The zero-order chi connectivity index (χ0) is 13.2. The van der Waals surface area contributed by atoms with E-state index in [2.05, 4.69) is 5.32 Å². The van der Waals surface area contributed by atoms with Gasteiger partial charge in [0.1, 0.15) is 0 Å². The molecule has 0 radical (unpaired) electrons. The SMILES string of the molecule is CC1OC(C)C(C(=O)N[C@H](CO)C(C)C)C1C. The molecule has 0 bridgehead atoms. The maximum absolute atomic E-state index is 12.2. The predicted octanol–water partition coefficient (Wildman–Crippen LogP) is 1.18. The molecular weight excluding hydrogens is 218 g/mol. The molecule has 1 aliphatic rings. The van der Waals surface area contributed by atoms with Gasteiger partial charge in [0.15, 0.2) is 0 Å². The molecule has 1 heterocycles. The highest BCUT2D eigenvalue weighted by atomic mass is 16.5. The van der Waals surface area contributed by atoms with Crippen molar-refractivity contribution in [3.8, 4) is 0 Å². The Bertz CT molecular complexity index is 267. The zero-order valence-electron chi connectivity index (χ0n) is 11.4. The van der Waals surface area contributed by atoms with Crippen molar-refractivity contribution in [3.05, 3.63) is 0 Å². The van der Waals surface area contributed by atoms with Crippen molar-refractivity contribution < 1.29 is 14.6 Å². The molecule has 4 nitrogen and oxygen atoms in total. The number of amides is 1. The Hall–Kier alpha value is -0.610. The summed E-state index contributed by atoms with van der Waals surface area (Å²) in [6.07, 6.45) is 0.0684. The lowest BCUT2D eigenvalue weighted by Crippen LogP contribution is -2.46. The third-order valence-electron chi connectivity index (χ3n) is 3.87. The standard InChI is InChI=1S/C13H25NO3/c1-7(2)11(6-15)14-13(16)12-8(3)9(4)17-10(12)5/h7-12,15H,6H2,1-5H3,(H,14,16)/t8?,9?,10?,11-,12?/m1/s1. The van der Waals surface area contributed by atoms with Crippen molar-refractivity contribution in [1.29, 1.82) is 0 Å². The van der Waals surface area contributed by atoms with Gasteiger partial charge in [0.25, 0.3) is 0 Å². The van der Waals surface area contributed by atoms with Crippen LogP contribution in [0.4, 0.5) is 0 Å². The lowest BCUT2D eigenvalue weighted by Gasteiger charge is -2.24. The van der Waals surface area contributed by atoms with Crippen LogP contribution in [0.3, 0.4) is 0 Å². The van der Waals surface area contributed by atoms with E-state index in [9.17, 15) is 9.90 Å². The van der Waals surface area contributed by atoms with Crippen LogP contribution in [0.25, 0.3) is 0 Å². The van der Waals surface area contributed by atoms with Crippen molar-refractivity contribution >= 4 is 5.91 Å². The van der Waals surface area contributed by atoms with Crippen LogP contribution in [0.1, 0.15) is 34.6 Å². The molecule has 0 aliphatic carbocycles. The number of nitrogens with one attached hydrogen (secondary N) is 1. The molecule has 1 saturated heterocycles. The summed E-state index contributed by atoms with van der Waals surface area (Å²) in [5, 5.41) is 12.1. The number of ether oxygens (including phenoxy) is 1. The van der Waals surface area contributed by atoms with Gasteiger partial charge < -0.3 is 15.2 Å². The average molecular weight is 243 g/mol. The highest BCUT2D eigenvalue weighted by molar-refractivity contribution is 5.80. The summed E-state index contributed by atoms with van der Waals surface area (Å²) in [6, 6.07) is -0.169. The zero-order valence-corrected chi connectivity index (χ0v) is 11.4. The van der Waals surface area contributed by atoms with Crippen LogP contribution >= 0.6 is 0 Å². The van der Waals surface area contributed by atoms with Crippen LogP contribution in [0.5, 0.6) is 0 Å². The van der Waals surface area contributed by atoms with Crippen LogP contribution < -0.4 is 5.32 Å². The third kappa shape index (κ3) is 3.19. The van der Waals surface area contributed by atoms with E-state index in [0.717, 1.165) is 0 Å². The van der Waals surface area contributed by atoms with E-state index in [0.29, 0.717) is 0 Å². The van der Waals surface area contributed by atoms with E-state index in [1.807, 2.05) is 34.6 Å². The van der Waals surface area contributed by atoms with Crippen molar-refractivity contribution in [2.75, 3.05) is 6.61 Å². The van der Waals surface area contributed by atoms with Crippen LogP contribution in [0.2, 0.25) is 0 Å². The molecule has 0 aromatic rings. The molecule has 2 N–H and O–H groups in total. The fourth-order valence-electron chi connectivity index (χ4n) is 2.42. The minimum absolute atomic E-state index is 0.00194. The second-order valence-corrected chi connectivity index (χ2v) is 5.47. The molecule has 0 aromatic carbocycles. The molecule has 1 aliphatic heterocycles. The second-order valence-electron chi connectivity index (χ2n) is 5.47. The van der Waals surface area contributed by atoms with Crippen molar-refractivity contribution in [1.82, 2.24) is 5.32 Å². The fourth-order valence-corrected chi connectivity index (χ4v) is 2.42. The molecule has 4 heteroatoms. The molecule has 0 spiro atoms. The number of aliphatic hydroxyl groups is 1. The number of rotatable bonds is 4. The van der Waals surface area contributed by atoms with E-state index < -0.39 is 0 Å². The lowest BCUT2D eigenvalue weighted by molar-refractivity contribution is -0.128. The highest BCUT2D eigenvalue weighted by Crippen LogP contribution is 2.32. The molecule has 1 amide bonds. The molecule has 17 heavy (non-hydrogen) atoms. The van der Waals surface area contributed by atoms with Gasteiger partial charge in [-0.2, -0.15) is 0 Å². The Labute approximate surface area is 104 Å². The largest absolute Gasteiger partial charge is 0.394 e. The summed E-state index contributed by atoms with van der Waals surface area (Å²) in [7, 11) is 0. The van der Waals surface area contributed by atoms with Gasteiger partial charge >= 0.3 is 0 Å². The maximum Gasteiger partial charge on any atom is 0.226 e. The Balaban J connectivity index is 2.64. The van der Waals surface area contributed by atoms with Crippen molar-refractivity contribution in [3.63, 3.8) is 0 Å². The average Bonchev–Trinajstić information content (AvgIpc) is 2.49. The molecule has 4 unspecified atom stereocenters. The highest BCUT2D eigenvalue weighted by Gasteiger charge is 2.42. The predicted molar refractivity (Wildman–Crippen MR) is 66.5 cm³/mol. The van der Waals surface area contributed by atoms with Crippen molar-refractivity contribution in [2.45, 2.75) is 52.9 Å². The van der Waals surface area contributed by atoms with Crippen molar-refractivity contribution in [2.24, 2.45) is 17.8 Å². The van der Waals surface area contributed by atoms with Gasteiger partial charge in [-0.05, 0) is 25.7 Å². The van der Waals surface area contributed by atoms with Crippen LogP contribution in [-0.2, 0) is 9.53 Å². The van der Waals surface area contributed by atoms with Gasteiger partial charge in [-0.1, -0.05) is 20.8 Å². The maximum atomic E-state index is 12.2. The third-order valence-corrected chi connectivity index (χ3v) is 3.87. The summed E-state index contributed by atoms with van der Waals surface area (Å²) in [4.78, 5) is 12.2. The first-order chi connectivity index (χ1) is 7.88. The topological polar surface area (TPSA) is 58.6 Å². The van der Waals surface area contributed by atoms with Gasteiger partial charge in [-0.15, -0.1) is 0 Å². The fraction of sp³-hybridized carbons (Fsp3) is 0.923. The molecule has 100 valence electrons. The Morgan fingerprint density at radius 3 is 2.24 bits per heavy atom. The number of aliphatic hydroxyl groups excluding tert-OH is 1. The first-order valence-corrected chi connectivity index (χ1v) is 6.45. The summed E-state index contributed by atoms with van der Waals surface area (Å²) in [6.45, 7) is 9.94. The Morgan fingerprint density at radius 2 is 1.88 bits per heavy atom. The minimum Gasteiger partial charge on any atom is -0.394 e. The number of hydrogen-bond donors (Lipinski definition) is 2. The molecule has 1 fully saturated rings. The van der Waals surface area contributed by atoms with Crippen LogP contribution in [-0.4, -0.2) is 35.9 Å². The Kier molecular flexibility index (Phi) is 4.95. The van der Waals surface area contributed by atoms with Gasteiger partial charge in [0.05, 0.1) is 30.8 Å². The summed E-state index contributed by atoms with van der Waals surface area (Å²) >= 11 is 0. The van der Waals surface area contributed by atoms with Crippen LogP contribution in [0.15, 0.2) is 0 Å². The number of carbonyl (C=O) groups excluding carboxylic acids is 1. The minimum atomic E-state index is -0.169. The summed E-state index contributed by atoms with van der Waals surface area (Å²) in [5.41, 5.74) is 0. The molecule has 0 saturated carbocycles. The summed E-state index contributed by atoms with van der Waals surface area (Å²) < 4.78 is 5.66. The lowest BCUT2D eigenvalue weighted by atomic mass is 9.88. The molecule has 5 atom stereocenters. The van der Waals surface area contributed by atoms with Gasteiger partial charge in [0.2, 0.25) is 5.91 Å². The van der Waals surface area contributed by atoms with E-state index in [4.69, 9.17) is 4.74 Å². The Morgan fingerprint density at radius 1 is 1.29 bits per heavy atom. The molecular formula is C13H25NO3. The van der Waals surface area contributed by atoms with E-state index >= 15 is 0 Å². The summed E-state index contributed by atoms with van der Waals surface area (Å²) in [5.74, 6) is 0.339. The van der Waals surface area contributed by atoms with Crippen LogP contribution in [0, 0.1) is 17.8 Å². The van der Waals surface area contributed by atoms with Gasteiger partial charge in [-0.3, -0.25) is 4.79 Å². The first-order valence-electron chi connectivity index (χ1n) is 6.45.